The van der Waals surface area contributed by atoms with Gasteiger partial charge in [-0.05, 0) is 85.7 Å². The van der Waals surface area contributed by atoms with Gasteiger partial charge in [0.2, 0.25) is 11.8 Å². The van der Waals surface area contributed by atoms with Crippen LogP contribution in [0.3, 0.4) is 0 Å². The predicted octanol–water partition coefficient (Wildman–Crippen LogP) is 5.96. The van der Waals surface area contributed by atoms with Gasteiger partial charge < -0.3 is 30.3 Å². The Morgan fingerprint density at radius 1 is 0.574 bits per heavy atom. The van der Waals surface area contributed by atoms with Gasteiger partial charge in [-0.3, -0.25) is 9.59 Å². The fourth-order valence-electron chi connectivity index (χ4n) is 3.79. The van der Waals surface area contributed by atoms with Crippen LogP contribution in [0.2, 0.25) is 0 Å². The van der Waals surface area contributed by atoms with Gasteiger partial charge in [0, 0.05) is 11.4 Å². The van der Waals surface area contributed by atoms with Crippen molar-refractivity contribution in [2.45, 2.75) is 13.8 Å². The van der Waals surface area contributed by atoms with Gasteiger partial charge in [0.1, 0.15) is 11.5 Å². The van der Waals surface area contributed by atoms with E-state index < -0.39 is 11.8 Å². The molecule has 2 N–H and O–H groups in total. The molecule has 0 aliphatic carbocycles. The number of anilines is 2. The molecule has 0 saturated carbocycles. The first-order valence-corrected chi connectivity index (χ1v) is 14.7. The summed E-state index contributed by atoms with van der Waals surface area (Å²) >= 11 is 0. The van der Waals surface area contributed by atoms with E-state index in [0.717, 1.165) is 34.8 Å². The Hall–Kier alpha value is -5.53. The molecule has 0 heterocycles. The molecule has 47 heavy (non-hydrogen) atoms. The van der Waals surface area contributed by atoms with Gasteiger partial charge in [-0.15, -0.1) is 11.5 Å². The number of rotatable bonds is 12. The fourth-order valence-corrected chi connectivity index (χ4v) is 3.79. The normalized spacial score (nSPS) is 11.2. The van der Waals surface area contributed by atoms with Crippen molar-refractivity contribution >= 4 is 35.3 Å². The van der Waals surface area contributed by atoms with E-state index in [1.807, 2.05) is 98.8 Å². The van der Waals surface area contributed by atoms with Gasteiger partial charge in [-0.25, -0.2) is 0 Å². The van der Waals surface area contributed by atoms with Crippen molar-refractivity contribution in [3.05, 3.63) is 156 Å². The summed E-state index contributed by atoms with van der Waals surface area (Å²) < 4.78 is 10.7. The van der Waals surface area contributed by atoms with Crippen LogP contribution in [0.5, 0.6) is 11.5 Å². The Bertz CT molecular complexity index is 1510. The quantitative estimate of drug-likeness (QED) is 0.0828. The van der Waals surface area contributed by atoms with E-state index in [0.29, 0.717) is 24.6 Å². The summed E-state index contributed by atoms with van der Waals surface area (Å²) in [6.07, 6.45) is 8.09. The molecule has 0 saturated heterocycles. The number of ether oxygens (including phenoxy) is 2. The molecule has 0 unspecified atom stereocenters. The predicted molar refractivity (Wildman–Crippen MR) is 180 cm³/mol. The van der Waals surface area contributed by atoms with E-state index in [9.17, 15) is 19.8 Å². The number of para-hydroxylation sites is 2. The molecule has 0 fully saturated rings. The molecule has 0 spiro atoms. The van der Waals surface area contributed by atoms with Gasteiger partial charge in [-0.2, -0.15) is 0 Å². The van der Waals surface area contributed by atoms with E-state index in [1.165, 1.54) is 12.2 Å². The van der Waals surface area contributed by atoms with Gasteiger partial charge in [0.05, 0.1) is 13.2 Å². The Balaban J connectivity index is 0.000000320. The topological polar surface area (TPSA) is 123 Å². The van der Waals surface area contributed by atoms with Crippen molar-refractivity contribution in [3.8, 4) is 11.5 Å². The number of carbonyl (C=O) groups excluding carboxylic acids is 2. The van der Waals surface area contributed by atoms with Crippen LogP contribution in [0.15, 0.2) is 145 Å². The maximum atomic E-state index is 11.8. The molecule has 4 aromatic rings. The van der Waals surface area contributed by atoms with Crippen LogP contribution in [0, 0.1) is 0 Å². The van der Waals surface area contributed by atoms with E-state index in [2.05, 4.69) is 10.6 Å². The number of nitrogens with one attached hydrogen (secondary N) is 2. The van der Waals surface area contributed by atoms with E-state index >= 15 is 0 Å². The van der Waals surface area contributed by atoms with Crippen molar-refractivity contribution in [1.29, 1.82) is 0 Å². The zero-order valence-electron chi connectivity index (χ0n) is 26.0. The SMILES string of the molecule is CCOc1ccc(/C=C/C([O-])=C/C(=O)Nc2ccccc2)cc1.CCOc1ccc(/C=C/C([O-])=C/C(=O)Nc2ccccc2)cc1.[Ni+2]. The number of hydrogen-bond donors (Lipinski definition) is 2. The van der Waals surface area contributed by atoms with E-state index in [-0.39, 0.29) is 28.0 Å². The number of carbonyl (C=O) groups is 2. The zero-order valence-corrected chi connectivity index (χ0v) is 27.0. The Morgan fingerprint density at radius 3 is 1.23 bits per heavy atom. The summed E-state index contributed by atoms with van der Waals surface area (Å²) in [7, 11) is 0. The second-order valence-electron chi connectivity index (χ2n) is 9.47. The summed E-state index contributed by atoms with van der Waals surface area (Å²) in [4.78, 5) is 23.4. The van der Waals surface area contributed by atoms with Gasteiger partial charge in [0.15, 0.2) is 0 Å². The third-order valence-corrected chi connectivity index (χ3v) is 5.89. The first kappa shape index (κ1) is 37.7. The summed E-state index contributed by atoms with van der Waals surface area (Å²) in [6.45, 7) is 5.06. The molecular formula is C38H36N2NiO6. The molecule has 2 amide bonds. The van der Waals surface area contributed by atoms with Crippen LogP contribution in [-0.2, 0) is 26.1 Å². The molecule has 8 nitrogen and oxygen atoms in total. The summed E-state index contributed by atoms with van der Waals surface area (Å²) in [5.41, 5.74) is 3.02. The maximum Gasteiger partial charge on any atom is 2.00 e. The van der Waals surface area contributed by atoms with Crippen LogP contribution in [0.4, 0.5) is 11.4 Å². The molecule has 0 aromatic heterocycles. The maximum absolute atomic E-state index is 11.8. The average molecular weight is 675 g/mol. The minimum Gasteiger partial charge on any atom is -0.872 e. The van der Waals surface area contributed by atoms with Crippen LogP contribution < -0.4 is 30.3 Å². The monoisotopic (exact) mass is 674 g/mol. The second-order valence-corrected chi connectivity index (χ2v) is 9.47. The minimum atomic E-state index is -0.447. The van der Waals surface area contributed by atoms with Crippen molar-refractivity contribution < 1.29 is 45.8 Å². The van der Waals surface area contributed by atoms with Crippen molar-refractivity contribution in [2.24, 2.45) is 0 Å². The molecule has 0 bridgehead atoms. The first-order valence-electron chi connectivity index (χ1n) is 14.7. The van der Waals surface area contributed by atoms with Crippen LogP contribution in [0.1, 0.15) is 25.0 Å². The molecule has 4 aromatic carbocycles. The molecule has 0 aliphatic heterocycles. The number of allylic oxidation sites excluding steroid dienone is 2. The molecule has 0 aliphatic rings. The Morgan fingerprint density at radius 2 is 0.915 bits per heavy atom. The van der Waals surface area contributed by atoms with Gasteiger partial charge in [-0.1, -0.05) is 85.0 Å². The van der Waals surface area contributed by atoms with Crippen molar-refractivity contribution in [1.82, 2.24) is 0 Å². The molecule has 4 rings (SSSR count). The molecule has 0 radical (unpaired) electrons. The number of hydrogen-bond acceptors (Lipinski definition) is 6. The minimum absolute atomic E-state index is 0. The molecule has 9 heteroatoms. The van der Waals surface area contributed by atoms with Crippen LogP contribution in [0.25, 0.3) is 12.2 Å². The van der Waals surface area contributed by atoms with Crippen LogP contribution >= 0.6 is 0 Å². The van der Waals surface area contributed by atoms with Gasteiger partial charge >= 0.3 is 16.5 Å². The molecule has 244 valence electrons. The Kier molecular flexibility index (Phi) is 17.0. The van der Waals surface area contributed by atoms with Crippen molar-refractivity contribution in [2.75, 3.05) is 23.8 Å². The molecular weight excluding hydrogens is 639 g/mol. The summed E-state index contributed by atoms with van der Waals surface area (Å²) in [5.74, 6) is -0.0655. The summed E-state index contributed by atoms with van der Waals surface area (Å²) in [6, 6.07) is 32.7. The largest absolute Gasteiger partial charge is 2.00 e. The van der Waals surface area contributed by atoms with Crippen LogP contribution in [-0.4, -0.2) is 25.0 Å². The fraction of sp³-hybridized carbons (Fsp3) is 0.105. The third-order valence-electron chi connectivity index (χ3n) is 5.89. The third kappa shape index (κ3) is 15.3. The van der Waals surface area contributed by atoms with E-state index in [1.54, 1.807) is 36.4 Å². The first-order chi connectivity index (χ1) is 22.3. The Labute approximate surface area is 285 Å². The number of amides is 2. The average Bonchev–Trinajstić information content (AvgIpc) is 3.05. The van der Waals surface area contributed by atoms with E-state index in [4.69, 9.17) is 9.47 Å². The smallest absolute Gasteiger partial charge is 0.872 e. The summed E-state index contributed by atoms with van der Waals surface area (Å²) in [5, 5.41) is 28.8. The second kappa shape index (κ2) is 21.3. The molecule has 0 atom stereocenters. The van der Waals surface area contributed by atoms with Crippen molar-refractivity contribution in [3.63, 3.8) is 0 Å². The number of benzene rings is 4. The zero-order chi connectivity index (χ0) is 33.0. The standard InChI is InChI=1S/2C19H19NO3.Ni/c2*1-2-23-18-12-9-15(10-13-18)8-11-17(21)14-19(22)20-16-6-4-3-5-7-16;/h2*3-14,21H,2H2,1H3,(H,20,22);/q;;+2/p-2/b2*11-8+,17-14-;. The van der Waals surface area contributed by atoms with Gasteiger partial charge in [0.25, 0.3) is 0 Å².